The minimum Gasteiger partial charge on any atom is -0.331 e. The fourth-order valence-electron chi connectivity index (χ4n) is 1.25. The summed E-state index contributed by atoms with van der Waals surface area (Å²) in [4.78, 5) is 17.2. The molecule has 1 unspecified atom stereocenters. The maximum Gasteiger partial charge on any atom is 0.317 e. The molecule has 1 aromatic heterocycles. The molecule has 2 amide bonds. The standard InChI is InChI=1S/C11H17N3O/c1-4-9(13-11(15)14(2)3)10-7-5-6-8-12-10/h5-9H,4H2,1-3H3,(H,13,15). The first-order chi connectivity index (χ1) is 7.15. The van der Waals surface area contributed by atoms with Gasteiger partial charge in [-0.2, -0.15) is 0 Å². The third-order valence-electron chi connectivity index (χ3n) is 2.16. The Morgan fingerprint density at radius 2 is 2.27 bits per heavy atom. The van der Waals surface area contributed by atoms with Crippen molar-refractivity contribution in [1.82, 2.24) is 15.2 Å². The topological polar surface area (TPSA) is 45.2 Å². The first-order valence-corrected chi connectivity index (χ1v) is 5.04. The zero-order valence-corrected chi connectivity index (χ0v) is 9.40. The number of urea groups is 1. The van der Waals surface area contributed by atoms with E-state index in [-0.39, 0.29) is 12.1 Å². The molecule has 0 fully saturated rings. The maximum absolute atomic E-state index is 11.5. The molecule has 0 saturated heterocycles. The molecule has 0 aromatic carbocycles. The van der Waals surface area contributed by atoms with Crippen molar-refractivity contribution in [2.24, 2.45) is 0 Å². The Morgan fingerprint density at radius 1 is 1.53 bits per heavy atom. The average molecular weight is 207 g/mol. The zero-order valence-electron chi connectivity index (χ0n) is 9.40. The number of rotatable bonds is 3. The molecule has 0 saturated carbocycles. The van der Waals surface area contributed by atoms with E-state index >= 15 is 0 Å². The van der Waals surface area contributed by atoms with E-state index in [2.05, 4.69) is 10.3 Å². The Morgan fingerprint density at radius 3 is 2.73 bits per heavy atom. The van der Waals surface area contributed by atoms with Gasteiger partial charge < -0.3 is 10.2 Å². The van der Waals surface area contributed by atoms with Crippen LogP contribution in [0.4, 0.5) is 4.79 Å². The van der Waals surface area contributed by atoms with Crippen LogP contribution in [0.2, 0.25) is 0 Å². The molecule has 1 N–H and O–H groups in total. The van der Waals surface area contributed by atoms with E-state index in [9.17, 15) is 4.79 Å². The number of hydrogen-bond donors (Lipinski definition) is 1. The molecule has 0 spiro atoms. The number of amides is 2. The van der Waals surface area contributed by atoms with Gasteiger partial charge in [-0.25, -0.2) is 4.79 Å². The number of carbonyl (C=O) groups excluding carboxylic acids is 1. The normalized spacial score (nSPS) is 11.9. The summed E-state index contributed by atoms with van der Waals surface area (Å²) < 4.78 is 0. The quantitative estimate of drug-likeness (QED) is 0.821. The molecule has 4 heteroatoms. The van der Waals surface area contributed by atoms with Gasteiger partial charge in [-0.05, 0) is 18.6 Å². The van der Waals surface area contributed by atoms with Gasteiger partial charge in [-0.3, -0.25) is 4.98 Å². The van der Waals surface area contributed by atoms with Crippen LogP contribution >= 0.6 is 0 Å². The summed E-state index contributed by atoms with van der Waals surface area (Å²) in [5.74, 6) is 0. The Labute approximate surface area is 90.3 Å². The van der Waals surface area contributed by atoms with Crippen molar-refractivity contribution in [2.45, 2.75) is 19.4 Å². The number of aromatic nitrogens is 1. The smallest absolute Gasteiger partial charge is 0.317 e. The van der Waals surface area contributed by atoms with Crippen LogP contribution in [-0.2, 0) is 0 Å². The molecule has 0 bridgehead atoms. The molecule has 4 nitrogen and oxygen atoms in total. The van der Waals surface area contributed by atoms with E-state index in [1.54, 1.807) is 20.3 Å². The summed E-state index contributed by atoms with van der Waals surface area (Å²) in [7, 11) is 3.45. The predicted molar refractivity (Wildman–Crippen MR) is 59.5 cm³/mol. The largest absolute Gasteiger partial charge is 0.331 e. The van der Waals surface area contributed by atoms with E-state index in [0.717, 1.165) is 12.1 Å². The van der Waals surface area contributed by atoms with Gasteiger partial charge in [0.15, 0.2) is 0 Å². The van der Waals surface area contributed by atoms with Crippen molar-refractivity contribution in [2.75, 3.05) is 14.1 Å². The molecule has 0 aliphatic heterocycles. The third-order valence-corrected chi connectivity index (χ3v) is 2.16. The Hall–Kier alpha value is -1.58. The van der Waals surface area contributed by atoms with E-state index in [1.165, 1.54) is 4.90 Å². The highest BCUT2D eigenvalue weighted by Crippen LogP contribution is 2.13. The van der Waals surface area contributed by atoms with Crippen LogP contribution in [0.25, 0.3) is 0 Å². The fraction of sp³-hybridized carbons (Fsp3) is 0.455. The predicted octanol–water partition coefficient (Wildman–Crippen LogP) is 1.80. The molecule has 0 aliphatic rings. The van der Waals surface area contributed by atoms with Crippen molar-refractivity contribution in [1.29, 1.82) is 0 Å². The van der Waals surface area contributed by atoms with E-state index in [1.807, 2.05) is 25.1 Å². The van der Waals surface area contributed by atoms with Crippen molar-refractivity contribution in [3.05, 3.63) is 30.1 Å². The summed E-state index contributed by atoms with van der Waals surface area (Å²) in [5.41, 5.74) is 0.898. The first kappa shape index (κ1) is 11.5. The lowest BCUT2D eigenvalue weighted by molar-refractivity contribution is 0.212. The fourth-order valence-corrected chi connectivity index (χ4v) is 1.25. The van der Waals surface area contributed by atoms with Crippen LogP contribution in [0.15, 0.2) is 24.4 Å². The molecule has 15 heavy (non-hydrogen) atoms. The van der Waals surface area contributed by atoms with E-state index < -0.39 is 0 Å². The summed E-state index contributed by atoms with van der Waals surface area (Å²) >= 11 is 0. The molecule has 82 valence electrons. The number of nitrogens with zero attached hydrogens (tertiary/aromatic N) is 2. The van der Waals surface area contributed by atoms with Gasteiger partial charge in [0, 0.05) is 20.3 Å². The summed E-state index contributed by atoms with van der Waals surface area (Å²) in [6.07, 6.45) is 2.57. The van der Waals surface area contributed by atoms with Gasteiger partial charge in [0.2, 0.25) is 0 Å². The summed E-state index contributed by atoms with van der Waals surface area (Å²) in [5, 5.41) is 2.91. The van der Waals surface area contributed by atoms with Crippen LogP contribution in [0, 0.1) is 0 Å². The molecular formula is C11H17N3O. The summed E-state index contributed by atoms with van der Waals surface area (Å²) in [6, 6.07) is 5.61. The van der Waals surface area contributed by atoms with E-state index in [4.69, 9.17) is 0 Å². The Bertz CT molecular complexity index is 311. The lowest BCUT2D eigenvalue weighted by Gasteiger charge is -2.19. The maximum atomic E-state index is 11.5. The molecule has 1 aromatic rings. The highest BCUT2D eigenvalue weighted by Gasteiger charge is 2.13. The van der Waals surface area contributed by atoms with Gasteiger partial charge in [0.1, 0.15) is 0 Å². The third kappa shape index (κ3) is 3.23. The highest BCUT2D eigenvalue weighted by molar-refractivity contribution is 5.73. The Kier molecular flexibility index (Phi) is 4.09. The van der Waals surface area contributed by atoms with Crippen LogP contribution in [0.1, 0.15) is 25.1 Å². The van der Waals surface area contributed by atoms with Gasteiger partial charge >= 0.3 is 6.03 Å². The SMILES string of the molecule is CCC(NC(=O)N(C)C)c1ccccn1. The number of nitrogens with one attached hydrogen (secondary N) is 1. The molecule has 0 aliphatic carbocycles. The van der Waals surface area contributed by atoms with E-state index in [0.29, 0.717) is 0 Å². The molecule has 0 radical (unpaired) electrons. The van der Waals surface area contributed by atoms with Gasteiger partial charge in [0.05, 0.1) is 11.7 Å². The number of hydrogen-bond acceptors (Lipinski definition) is 2. The lowest BCUT2D eigenvalue weighted by atomic mass is 10.1. The van der Waals surface area contributed by atoms with Crippen LogP contribution in [0.3, 0.4) is 0 Å². The summed E-state index contributed by atoms with van der Waals surface area (Å²) in [6.45, 7) is 2.02. The van der Waals surface area contributed by atoms with Crippen LogP contribution < -0.4 is 5.32 Å². The number of pyridine rings is 1. The molecule has 1 heterocycles. The minimum atomic E-state index is -0.0903. The van der Waals surface area contributed by atoms with Crippen LogP contribution in [-0.4, -0.2) is 30.0 Å². The zero-order chi connectivity index (χ0) is 11.3. The average Bonchev–Trinajstić information content (AvgIpc) is 2.26. The minimum absolute atomic E-state index is 0.0129. The van der Waals surface area contributed by atoms with Gasteiger partial charge in [-0.1, -0.05) is 13.0 Å². The van der Waals surface area contributed by atoms with Crippen molar-refractivity contribution >= 4 is 6.03 Å². The second-order valence-corrected chi connectivity index (χ2v) is 3.56. The van der Waals surface area contributed by atoms with Gasteiger partial charge in [-0.15, -0.1) is 0 Å². The van der Waals surface area contributed by atoms with Crippen molar-refractivity contribution < 1.29 is 4.79 Å². The second kappa shape index (κ2) is 5.34. The molecule has 1 rings (SSSR count). The highest BCUT2D eigenvalue weighted by atomic mass is 16.2. The first-order valence-electron chi connectivity index (χ1n) is 5.04. The van der Waals surface area contributed by atoms with Crippen molar-refractivity contribution in [3.63, 3.8) is 0 Å². The van der Waals surface area contributed by atoms with Crippen molar-refractivity contribution in [3.8, 4) is 0 Å². The van der Waals surface area contributed by atoms with Crippen LogP contribution in [0.5, 0.6) is 0 Å². The monoisotopic (exact) mass is 207 g/mol. The van der Waals surface area contributed by atoms with Gasteiger partial charge in [0.25, 0.3) is 0 Å². The Balaban J connectivity index is 2.69. The molecule has 1 atom stereocenters. The lowest BCUT2D eigenvalue weighted by Crippen LogP contribution is -2.37. The molecular weight excluding hydrogens is 190 g/mol. The number of carbonyl (C=O) groups is 1. The second-order valence-electron chi connectivity index (χ2n) is 3.56.